The van der Waals surface area contributed by atoms with E-state index in [2.05, 4.69) is 36.9 Å². The van der Waals surface area contributed by atoms with Gasteiger partial charge in [0.15, 0.2) is 0 Å². The molecule has 6 heteroatoms. The van der Waals surface area contributed by atoms with Crippen molar-refractivity contribution in [1.29, 1.82) is 0 Å². The van der Waals surface area contributed by atoms with Crippen molar-refractivity contribution < 1.29 is 4.79 Å². The first-order valence-corrected chi connectivity index (χ1v) is 9.68. The SMILES string of the molecule is O=C(CCc1ccccc1)N1C2CCC1CN(c1ncnc3[nH]ccc13)C2. The lowest BCUT2D eigenvalue weighted by Gasteiger charge is -2.41. The second-order valence-corrected chi connectivity index (χ2v) is 7.51. The highest BCUT2D eigenvalue weighted by Gasteiger charge is 2.42. The molecule has 2 bridgehead atoms. The fourth-order valence-corrected chi connectivity index (χ4v) is 4.62. The van der Waals surface area contributed by atoms with Crippen molar-refractivity contribution in [3.05, 3.63) is 54.5 Å². The molecule has 2 fully saturated rings. The average molecular weight is 361 g/mol. The van der Waals surface area contributed by atoms with Crippen molar-refractivity contribution in [2.24, 2.45) is 0 Å². The molecule has 138 valence electrons. The fourth-order valence-electron chi connectivity index (χ4n) is 4.62. The van der Waals surface area contributed by atoms with Gasteiger partial charge in [-0.05, 0) is 30.9 Å². The maximum atomic E-state index is 12.9. The minimum Gasteiger partial charge on any atom is -0.352 e. The molecule has 0 saturated carbocycles. The van der Waals surface area contributed by atoms with Gasteiger partial charge in [-0.2, -0.15) is 0 Å². The van der Waals surface area contributed by atoms with Crippen LogP contribution in [-0.4, -0.2) is 50.9 Å². The average Bonchev–Trinajstić information content (AvgIpc) is 3.29. The smallest absolute Gasteiger partial charge is 0.223 e. The Balaban J connectivity index is 1.30. The zero-order valence-corrected chi connectivity index (χ0v) is 15.2. The molecule has 0 radical (unpaired) electrons. The lowest BCUT2D eigenvalue weighted by Crippen LogP contribution is -2.56. The van der Waals surface area contributed by atoms with E-state index in [4.69, 9.17) is 0 Å². The van der Waals surface area contributed by atoms with Gasteiger partial charge in [-0.1, -0.05) is 30.3 Å². The largest absolute Gasteiger partial charge is 0.352 e. The summed E-state index contributed by atoms with van der Waals surface area (Å²) >= 11 is 0. The van der Waals surface area contributed by atoms with E-state index < -0.39 is 0 Å². The van der Waals surface area contributed by atoms with E-state index in [0.29, 0.717) is 12.3 Å². The van der Waals surface area contributed by atoms with Crippen molar-refractivity contribution in [1.82, 2.24) is 19.9 Å². The number of fused-ring (bicyclic) bond motifs is 3. The number of nitrogens with zero attached hydrogens (tertiary/aromatic N) is 4. The van der Waals surface area contributed by atoms with Crippen LogP contribution in [0.4, 0.5) is 5.82 Å². The summed E-state index contributed by atoms with van der Waals surface area (Å²) in [7, 11) is 0. The van der Waals surface area contributed by atoms with Crippen LogP contribution in [0, 0.1) is 0 Å². The Hall–Kier alpha value is -2.89. The Labute approximate surface area is 158 Å². The highest BCUT2D eigenvalue weighted by atomic mass is 16.2. The van der Waals surface area contributed by atoms with Crippen molar-refractivity contribution in [2.75, 3.05) is 18.0 Å². The van der Waals surface area contributed by atoms with Gasteiger partial charge < -0.3 is 14.8 Å². The zero-order valence-electron chi connectivity index (χ0n) is 15.2. The molecule has 1 amide bonds. The third-order valence-corrected chi connectivity index (χ3v) is 5.87. The molecule has 6 nitrogen and oxygen atoms in total. The monoisotopic (exact) mass is 361 g/mol. The molecule has 2 unspecified atom stereocenters. The van der Waals surface area contributed by atoms with Gasteiger partial charge in [0.05, 0.1) is 5.39 Å². The zero-order chi connectivity index (χ0) is 18.2. The summed E-state index contributed by atoms with van der Waals surface area (Å²) in [5.41, 5.74) is 2.10. The van der Waals surface area contributed by atoms with Gasteiger partial charge in [-0.3, -0.25) is 4.79 Å². The molecule has 2 saturated heterocycles. The van der Waals surface area contributed by atoms with E-state index >= 15 is 0 Å². The minimum absolute atomic E-state index is 0.288. The van der Waals surface area contributed by atoms with Crippen LogP contribution >= 0.6 is 0 Å². The number of piperazine rings is 1. The number of anilines is 1. The molecule has 2 atom stereocenters. The molecule has 0 spiro atoms. The van der Waals surface area contributed by atoms with Gasteiger partial charge in [-0.15, -0.1) is 0 Å². The Morgan fingerprint density at radius 1 is 1.07 bits per heavy atom. The Kier molecular flexibility index (Phi) is 4.03. The second-order valence-electron chi connectivity index (χ2n) is 7.51. The van der Waals surface area contributed by atoms with Crippen LogP contribution in [0.3, 0.4) is 0 Å². The maximum absolute atomic E-state index is 12.9. The van der Waals surface area contributed by atoms with E-state index in [0.717, 1.165) is 49.2 Å². The maximum Gasteiger partial charge on any atom is 0.223 e. The van der Waals surface area contributed by atoms with E-state index in [1.807, 2.05) is 30.5 Å². The third-order valence-electron chi connectivity index (χ3n) is 5.87. The first-order valence-electron chi connectivity index (χ1n) is 9.68. The number of amides is 1. The number of aromatic amines is 1. The first kappa shape index (κ1) is 16.3. The molecule has 1 N–H and O–H groups in total. The van der Waals surface area contributed by atoms with E-state index in [9.17, 15) is 4.79 Å². The Bertz CT molecular complexity index is 939. The molecular formula is C21H23N5O. The summed E-state index contributed by atoms with van der Waals surface area (Å²) in [6.45, 7) is 1.70. The molecule has 4 heterocycles. The number of aromatic nitrogens is 3. The van der Waals surface area contributed by atoms with Crippen molar-refractivity contribution in [2.45, 2.75) is 37.8 Å². The van der Waals surface area contributed by atoms with Gasteiger partial charge in [0.2, 0.25) is 5.91 Å². The third kappa shape index (κ3) is 2.95. The van der Waals surface area contributed by atoms with Crippen LogP contribution in [-0.2, 0) is 11.2 Å². The van der Waals surface area contributed by atoms with E-state index in [1.165, 1.54) is 5.56 Å². The number of rotatable bonds is 4. The van der Waals surface area contributed by atoms with Crippen LogP contribution in [0.5, 0.6) is 0 Å². The molecule has 2 aliphatic rings. The van der Waals surface area contributed by atoms with Gasteiger partial charge >= 0.3 is 0 Å². The quantitative estimate of drug-likeness (QED) is 0.776. The second kappa shape index (κ2) is 6.68. The molecule has 27 heavy (non-hydrogen) atoms. The highest BCUT2D eigenvalue weighted by Crippen LogP contribution is 2.34. The number of hydrogen-bond donors (Lipinski definition) is 1. The number of carbonyl (C=O) groups is 1. The molecular weight excluding hydrogens is 338 g/mol. The van der Waals surface area contributed by atoms with Gasteiger partial charge in [-0.25, -0.2) is 9.97 Å². The lowest BCUT2D eigenvalue weighted by atomic mass is 10.1. The Morgan fingerprint density at radius 3 is 2.63 bits per heavy atom. The van der Waals surface area contributed by atoms with Gasteiger partial charge in [0.1, 0.15) is 17.8 Å². The van der Waals surface area contributed by atoms with Crippen LogP contribution in [0.15, 0.2) is 48.9 Å². The first-order chi connectivity index (χ1) is 13.3. The topological polar surface area (TPSA) is 65.1 Å². The molecule has 3 aromatic rings. The summed E-state index contributed by atoms with van der Waals surface area (Å²) in [5, 5.41) is 1.06. The van der Waals surface area contributed by atoms with E-state index in [1.54, 1.807) is 6.33 Å². The molecule has 2 aromatic heterocycles. The minimum atomic E-state index is 0.288. The van der Waals surface area contributed by atoms with Crippen molar-refractivity contribution >= 4 is 22.8 Å². The number of aryl methyl sites for hydroxylation is 1. The molecule has 1 aromatic carbocycles. The number of carbonyl (C=O) groups excluding carboxylic acids is 1. The molecule has 0 aliphatic carbocycles. The summed E-state index contributed by atoms with van der Waals surface area (Å²) in [5.74, 6) is 1.27. The highest BCUT2D eigenvalue weighted by molar-refractivity contribution is 5.87. The van der Waals surface area contributed by atoms with Crippen molar-refractivity contribution in [3.8, 4) is 0 Å². The van der Waals surface area contributed by atoms with Crippen LogP contribution < -0.4 is 4.90 Å². The summed E-state index contributed by atoms with van der Waals surface area (Å²) in [6.07, 6.45) is 7.09. The summed E-state index contributed by atoms with van der Waals surface area (Å²) in [4.78, 5) is 29.4. The fraction of sp³-hybridized carbons (Fsp3) is 0.381. The van der Waals surface area contributed by atoms with E-state index in [-0.39, 0.29) is 12.1 Å². The summed E-state index contributed by atoms with van der Waals surface area (Å²) in [6, 6.07) is 12.9. The lowest BCUT2D eigenvalue weighted by molar-refractivity contribution is -0.134. The standard InChI is InChI=1S/C21H23N5O/c27-19(9-6-15-4-2-1-3-5-15)26-16-7-8-17(26)13-25(12-16)21-18-10-11-22-20(18)23-14-24-21/h1-5,10-11,14,16-17H,6-9,12-13H2,(H,22,23,24). The number of H-pyrrole nitrogens is 1. The number of benzene rings is 1. The van der Waals surface area contributed by atoms with Crippen LogP contribution in [0.2, 0.25) is 0 Å². The van der Waals surface area contributed by atoms with Crippen LogP contribution in [0.25, 0.3) is 11.0 Å². The van der Waals surface area contributed by atoms with Crippen LogP contribution in [0.1, 0.15) is 24.8 Å². The normalized spacial score (nSPS) is 21.8. The van der Waals surface area contributed by atoms with Crippen molar-refractivity contribution in [3.63, 3.8) is 0 Å². The number of nitrogens with one attached hydrogen (secondary N) is 1. The predicted molar refractivity (Wildman–Crippen MR) is 105 cm³/mol. The number of hydrogen-bond acceptors (Lipinski definition) is 4. The Morgan fingerprint density at radius 2 is 1.85 bits per heavy atom. The molecule has 5 rings (SSSR count). The molecule has 2 aliphatic heterocycles. The van der Waals surface area contributed by atoms with Gasteiger partial charge in [0, 0.05) is 37.8 Å². The summed E-state index contributed by atoms with van der Waals surface area (Å²) < 4.78 is 0. The predicted octanol–water partition coefficient (Wildman–Crippen LogP) is 2.77. The van der Waals surface area contributed by atoms with Gasteiger partial charge in [0.25, 0.3) is 0 Å².